The highest BCUT2D eigenvalue weighted by atomic mass is 32.2. The number of anilines is 1. The summed E-state index contributed by atoms with van der Waals surface area (Å²) >= 11 is 0.966. The number of carbonyl (C=O) groups excluding carboxylic acids is 2. The van der Waals surface area contributed by atoms with Crippen LogP contribution in [0.2, 0.25) is 0 Å². The number of nitrogens with two attached hydrogens (primary N) is 1. The summed E-state index contributed by atoms with van der Waals surface area (Å²) in [6.45, 7) is 2.61. The number of halogens is 2. The Hall–Kier alpha value is -2.89. The van der Waals surface area contributed by atoms with Gasteiger partial charge < -0.3 is 21.3 Å². The molecule has 32 heavy (non-hydrogen) atoms. The number of benzene rings is 1. The second-order valence-corrected chi connectivity index (χ2v) is 8.75. The van der Waals surface area contributed by atoms with Crippen LogP contribution in [0.15, 0.2) is 41.5 Å². The van der Waals surface area contributed by atoms with Gasteiger partial charge in [-0.3, -0.25) is 9.59 Å². The third kappa shape index (κ3) is 5.67. The standard InChI is InChI=1S/C21H24F2N6O2S/c1-11(10-29(2)3)26-20(31)12-7-8-15(25-9-12)27-21-28-19(24)18(32-21)17(30)16-13(22)5-4-6-14(16)23/h4-9,11,18-19H,10,24H2,1-3H3,(H,26,31)(H,25,27,28)/t11-,18?,19?/m1/s1. The number of ketones is 1. The molecule has 3 atom stereocenters. The number of pyridine rings is 1. The van der Waals surface area contributed by atoms with Crippen LogP contribution >= 0.6 is 11.8 Å². The minimum Gasteiger partial charge on any atom is -0.348 e. The van der Waals surface area contributed by atoms with Crippen molar-refractivity contribution in [2.45, 2.75) is 24.4 Å². The maximum absolute atomic E-state index is 14.0. The number of amidine groups is 1. The lowest BCUT2D eigenvalue weighted by atomic mass is 10.1. The number of amides is 1. The Kier molecular flexibility index (Phi) is 7.54. The van der Waals surface area contributed by atoms with Gasteiger partial charge in [-0.1, -0.05) is 17.8 Å². The molecule has 1 aromatic heterocycles. The molecule has 3 rings (SSSR count). The van der Waals surface area contributed by atoms with Crippen molar-refractivity contribution < 1.29 is 18.4 Å². The van der Waals surface area contributed by atoms with Crippen LogP contribution < -0.4 is 16.4 Å². The number of nitrogens with one attached hydrogen (secondary N) is 2. The Morgan fingerprint density at radius 1 is 1.22 bits per heavy atom. The molecule has 0 aliphatic carbocycles. The van der Waals surface area contributed by atoms with Gasteiger partial charge in [0.2, 0.25) is 0 Å². The molecule has 0 spiro atoms. The summed E-state index contributed by atoms with van der Waals surface area (Å²) in [5, 5.41) is 5.11. The molecule has 11 heteroatoms. The molecule has 1 amide bonds. The van der Waals surface area contributed by atoms with E-state index in [1.165, 1.54) is 12.3 Å². The van der Waals surface area contributed by atoms with Crippen LogP contribution in [0.5, 0.6) is 0 Å². The highest BCUT2D eigenvalue weighted by molar-refractivity contribution is 8.15. The van der Waals surface area contributed by atoms with E-state index in [0.29, 0.717) is 17.9 Å². The highest BCUT2D eigenvalue weighted by Gasteiger charge is 2.36. The quantitative estimate of drug-likeness (QED) is 0.540. The molecule has 0 saturated heterocycles. The van der Waals surface area contributed by atoms with E-state index in [1.807, 2.05) is 25.9 Å². The van der Waals surface area contributed by atoms with Crippen molar-refractivity contribution in [1.29, 1.82) is 0 Å². The van der Waals surface area contributed by atoms with Gasteiger partial charge in [0.25, 0.3) is 5.91 Å². The van der Waals surface area contributed by atoms with E-state index in [4.69, 9.17) is 5.73 Å². The van der Waals surface area contributed by atoms with E-state index in [0.717, 1.165) is 23.9 Å². The first-order valence-electron chi connectivity index (χ1n) is 9.82. The molecule has 2 unspecified atom stereocenters. The molecular weight excluding hydrogens is 438 g/mol. The van der Waals surface area contributed by atoms with Crippen LogP contribution in [-0.2, 0) is 0 Å². The number of likely N-dealkylation sites (N-methyl/N-ethyl adjacent to an activating group) is 1. The maximum atomic E-state index is 14.0. The van der Waals surface area contributed by atoms with Gasteiger partial charge >= 0.3 is 0 Å². The number of thioether (sulfide) groups is 1. The molecule has 170 valence electrons. The molecule has 0 fully saturated rings. The Balaban J connectivity index is 1.62. The smallest absolute Gasteiger partial charge is 0.253 e. The normalized spacial score (nSPS) is 18.9. The number of aromatic nitrogens is 1. The Morgan fingerprint density at radius 2 is 1.91 bits per heavy atom. The van der Waals surface area contributed by atoms with Crippen LogP contribution in [0.25, 0.3) is 0 Å². The van der Waals surface area contributed by atoms with Gasteiger partial charge in [0.15, 0.2) is 11.0 Å². The summed E-state index contributed by atoms with van der Waals surface area (Å²) in [5.41, 5.74) is 5.68. The molecule has 8 nitrogen and oxygen atoms in total. The number of aliphatic imine (C=N–C) groups is 1. The Labute approximate surface area is 188 Å². The van der Waals surface area contributed by atoms with Gasteiger partial charge in [-0.15, -0.1) is 0 Å². The molecule has 1 aromatic carbocycles. The van der Waals surface area contributed by atoms with Crippen LogP contribution in [-0.4, -0.2) is 64.8 Å². The Morgan fingerprint density at radius 3 is 2.50 bits per heavy atom. The molecule has 0 radical (unpaired) electrons. The molecule has 0 saturated carbocycles. The summed E-state index contributed by atoms with van der Waals surface area (Å²) in [5.74, 6) is -2.53. The minimum atomic E-state index is -0.980. The molecular formula is C21H24F2N6O2S. The minimum absolute atomic E-state index is 0.0326. The first kappa shape index (κ1) is 23.8. The highest BCUT2D eigenvalue weighted by Crippen LogP contribution is 2.29. The van der Waals surface area contributed by atoms with E-state index in [-0.39, 0.29) is 17.1 Å². The average Bonchev–Trinajstić information content (AvgIpc) is 3.07. The van der Waals surface area contributed by atoms with E-state index in [2.05, 4.69) is 20.6 Å². The summed E-state index contributed by atoms with van der Waals surface area (Å²) in [4.78, 5) is 35.3. The van der Waals surface area contributed by atoms with Crippen molar-refractivity contribution >= 4 is 34.4 Å². The molecule has 2 heterocycles. The lowest BCUT2D eigenvalue weighted by Gasteiger charge is -2.18. The van der Waals surface area contributed by atoms with Gasteiger partial charge in [-0.05, 0) is 45.3 Å². The third-order valence-electron chi connectivity index (χ3n) is 4.56. The van der Waals surface area contributed by atoms with E-state index >= 15 is 0 Å². The first-order valence-corrected chi connectivity index (χ1v) is 10.7. The SMILES string of the molecule is C[C@H](CN(C)C)NC(=O)c1ccc(NC2=NC(N)C(C(=O)c3c(F)cccc3F)S2)nc1. The van der Waals surface area contributed by atoms with Gasteiger partial charge in [0.1, 0.15) is 28.9 Å². The summed E-state index contributed by atoms with van der Waals surface area (Å²) in [7, 11) is 3.84. The zero-order chi connectivity index (χ0) is 23.4. The van der Waals surface area contributed by atoms with Crippen molar-refractivity contribution in [2.24, 2.45) is 10.7 Å². The van der Waals surface area contributed by atoms with E-state index in [1.54, 1.807) is 12.1 Å². The molecule has 1 aliphatic rings. The van der Waals surface area contributed by atoms with Crippen molar-refractivity contribution in [3.8, 4) is 0 Å². The molecule has 1 aliphatic heterocycles. The number of carbonyl (C=O) groups is 2. The fourth-order valence-corrected chi connectivity index (χ4v) is 4.19. The number of hydrogen-bond acceptors (Lipinski definition) is 8. The summed E-state index contributed by atoms with van der Waals surface area (Å²) < 4.78 is 27.9. The largest absolute Gasteiger partial charge is 0.348 e. The lowest BCUT2D eigenvalue weighted by molar-refractivity contribution is 0.0932. The van der Waals surface area contributed by atoms with E-state index < -0.39 is 34.4 Å². The van der Waals surface area contributed by atoms with Gasteiger partial charge in [0, 0.05) is 18.8 Å². The van der Waals surface area contributed by atoms with Crippen molar-refractivity contribution in [2.75, 3.05) is 26.0 Å². The predicted octanol–water partition coefficient (Wildman–Crippen LogP) is 2.09. The Bertz CT molecular complexity index is 1010. The molecule has 4 N–H and O–H groups in total. The number of Topliss-reactive ketones (excluding diaryl/α,β-unsaturated/α-hetero) is 1. The van der Waals surface area contributed by atoms with Crippen LogP contribution in [0.3, 0.4) is 0 Å². The van der Waals surface area contributed by atoms with Crippen LogP contribution in [0.1, 0.15) is 27.6 Å². The summed E-state index contributed by atoms with van der Waals surface area (Å²) in [6, 6.07) is 6.38. The fourth-order valence-electron chi connectivity index (χ4n) is 3.18. The van der Waals surface area contributed by atoms with Crippen molar-refractivity contribution in [3.05, 3.63) is 59.3 Å². The third-order valence-corrected chi connectivity index (χ3v) is 5.74. The first-order chi connectivity index (χ1) is 15.2. The van der Waals surface area contributed by atoms with Gasteiger partial charge in [-0.25, -0.2) is 18.8 Å². The second-order valence-electron chi connectivity index (χ2n) is 7.62. The maximum Gasteiger partial charge on any atom is 0.253 e. The lowest BCUT2D eigenvalue weighted by Crippen LogP contribution is -2.39. The van der Waals surface area contributed by atoms with Gasteiger partial charge in [0.05, 0.1) is 11.1 Å². The zero-order valence-electron chi connectivity index (χ0n) is 17.8. The van der Waals surface area contributed by atoms with Crippen molar-refractivity contribution in [1.82, 2.24) is 15.2 Å². The van der Waals surface area contributed by atoms with Gasteiger partial charge in [-0.2, -0.15) is 0 Å². The van der Waals surface area contributed by atoms with Crippen molar-refractivity contribution in [3.63, 3.8) is 0 Å². The van der Waals surface area contributed by atoms with Crippen LogP contribution in [0, 0.1) is 11.6 Å². The zero-order valence-corrected chi connectivity index (χ0v) is 18.6. The predicted molar refractivity (Wildman–Crippen MR) is 121 cm³/mol. The number of nitrogens with zero attached hydrogens (tertiary/aromatic N) is 3. The average molecular weight is 463 g/mol. The molecule has 0 bridgehead atoms. The van der Waals surface area contributed by atoms with Crippen LogP contribution in [0.4, 0.5) is 14.6 Å². The monoisotopic (exact) mass is 462 g/mol. The van der Waals surface area contributed by atoms with E-state index in [9.17, 15) is 18.4 Å². The molecule has 2 aromatic rings. The fraction of sp³-hybridized carbons (Fsp3) is 0.333. The number of hydrogen-bond donors (Lipinski definition) is 3. The summed E-state index contributed by atoms with van der Waals surface area (Å²) in [6.07, 6.45) is 0.439. The number of rotatable bonds is 7. The topological polar surface area (TPSA) is 113 Å². The second kappa shape index (κ2) is 10.2.